The van der Waals surface area contributed by atoms with Crippen molar-refractivity contribution in [3.8, 4) is 0 Å². The monoisotopic (exact) mass is 353 g/mol. The van der Waals surface area contributed by atoms with Gasteiger partial charge in [0.25, 0.3) is 0 Å². The zero-order valence-electron chi connectivity index (χ0n) is 14.2. The average molecular weight is 353 g/mol. The summed E-state index contributed by atoms with van der Waals surface area (Å²) in [5.74, 6) is 0. The Hall–Kier alpha value is -1.64. The van der Waals surface area contributed by atoms with Crippen LogP contribution in [0.15, 0.2) is 27.9 Å². The Morgan fingerprint density at radius 2 is 1.92 bits per heavy atom. The Morgan fingerprint density at radius 3 is 2.62 bits per heavy atom. The Balaban J connectivity index is 1.99. The van der Waals surface area contributed by atoms with Crippen LogP contribution in [0.4, 0.5) is 0 Å². The molecule has 3 rings (SSSR count). The summed E-state index contributed by atoms with van der Waals surface area (Å²) in [5, 5.41) is 0. The normalized spacial score (nSPS) is 19.9. The molecule has 2 aromatic rings. The van der Waals surface area contributed by atoms with Gasteiger partial charge >= 0.3 is 5.69 Å². The Kier molecular flexibility index (Phi) is 4.54. The molecule has 1 aliphatic rings. The SMILES string of the molecule is CCO[C@@H]1CCCN(S(=O)(=O)c2ccc3c(c2)n(C)c(=O)n3C)C1. The van der Waals surface area contributed by atoms with Crippen LogP contribution >= 0.6 is 0 Å². The maximum Gasteiger partial charge on any atom is 0.328 e. The summed E-state index contributed by atoms with van der Waals surface area (Å²) in [4.78, 5) is 12.2. The van der Waals surface area contributed by atoms with Gasteiger partial charge in [-0.1, -0.05) is 0 Å². The summed E-state index contributed by atoms with van der Waals surface area (Å²) in [6.45, 7) is 3.37. The second kappa shape index (κ2) is 6.34. The van der Waals surface area contributed by atoms with Crippen molar-refractivity contribution in [2.75, 3.05) is 19.7 Å². The third-order valence-electron chi connectivity index (χ3n) is 4.62. The molecule has 8 heteroatoms. The molecule has 0 unspecified atom stereocenters. The number of ether oxygens (including phenoxy) is 1. The van der Waals surface area contributed by atoms with E-state index in [-0.39, 0.29) is 16.7 Å². The molecule has 132 valence electrons. The zero-order chi connectivity index (χ0) is 17.5. The number of piperidine rings is 1. The van der Waals surface area contributed by atoms with Crippen LogP contribution in [-0.4, -0.2) is 47.7 Å². The fourth-order valence-corrected chi connectivity index (χ4v) is 4.82. The van der Waals surface area contributed by atoms with Gasteiger partial charge < -0.3 is 4.74 Å². The minimum atomic E-state index is -3.60. The largest absolute Gasteiger partial charge is 0.377 e. The Labute approximate surface area is 141 Å². The van der Waals surface area contributed by atoms with Crippen LogP contribution in [-0.2, 0) is 28.9 Å². The first-order valence-corrected chi connectivity index (χ1v) is 9.57. The molecule has 24 heavy (non-hydrogen) atoms. The molecule has 0 spiro atoms. The van der Waals surface area contributed by atoms with Gasteiger partial charge in [-0.25, -0.2) is 13.2 Å². The van der Waals surface area contributed by atoms with Crippen LogP contribution in [0.5, 0.6) is 0 Å². The number of hydrogen-bond acceptors (Lipinski definition) is 4. The van der Waals surface area contributed by atoms with Crippen molar-refractivity contribution in [1.82, 2.24) is 13.4 Å². The summed E-state index contributed by atoms with van der Waals surface area (Å²) in [7, 11) is -0.274. The fourth-order valence-electron chi connectivity index (χ4n) is 3.29. The highest BCUT2D eigenvalue weighted by Crippen LogP contribution is 2.24. The summed E-state index contributed by atoms with van der Waals surface area (Å²) < 4.78 is 36.0. The Morgan fingerprint density at radius 1 is 1.21 bits per heavy atom. The lowest BCUT2D eigenvalue weighted by Gasteiger charge is -2.31. The molecule has 0 saturated carbocycles. The van der Waals surface area contributed by atoms with Crippen LogP contribution in [0.2, 0.25) is 0 Å². The van der Waals surface area contributed by atoms with Crippen molar-refractivity contribution in [1.29, 1.82) is 0 Å². The van der Waals surface area contributed by atoms with Crippen LogP contribution in [0.3, 0.4) is 0 Å². The number of fused-ring (bicyclic) bond motifs is 1. The van der Waals surface area contributed by atoms with Crippen LogP contribution in [0, 0.1) is 0 Å². The van der Waals surface area contributed by atoms with Gasteiger partial charge in [-0.2, -0.15) is 4.31 Å². The predicted octanol–water partition coefficient (Wildman–Crippen LogP) is 1.07. The highest BCUT2D eigenvalue weighted by atomic mass is 32.2. The van der Waals surface area contributed by atoms with Gasteiger partial charge in [-0.05, 0) is 38.0 Å². The van der Waals surface area contributed by atoms with E-state index < -0.39 is 10.0 Å². The number of aryl methyl sites for hydroxylation is 2. The van der Waals surface area contributed by atoms with E-state index in [4.69, 9.17) is 4.74 Å². The lowest BCUT2D eigenvalue weighted by Crippen LogP contribution is -2.43. The number of imidazole rings is 1. The van der Waals surface area contributed by atoms with Crippen LogP contribution < -0.4 is 5.69 Å². The molecular formula is C16H23N3O4S. The first-order valence-electron chi connectivity index (χ1n) is 8.13. The molecule has 0 radical (unpaired) electrons. The topological polar surface area (TPSA) is 73.5 Å². The highest BCUT2D eigenvalue weighted by Gasteiger charge is 2.31. The third-order valence-corrected chi connectivity index (χ3v) is 6.49. The predicted molar refractivity (Wildman–Crippen MR) is 91.6 cm³/mol. The molecule has 0 amide bonds. The van der Waals surface area contributed by atoms with Crippen LogP contribution in [0.25, 0.3) is 11.0 Å². The standard InChI is InChI=1S/C16H23N3O4S/c1-4-23-12-6-5-9-19(11-12)24(21,22)13-7-8-14-15(10-13)18(3)16(20)17(14)2/h7-8,10,12H,4-6,9,11H2,1-3H3/t12-/m1/s1. The number of sulfonamides is 1. The van der Waals surface area contributed by atoms with Crippen molar-refractivity contribution in [3.05, 3.63) is 28.7 Å². The second-order valence-electron chi connectivity index (χ2n) is 6.13. The van der Waals surface area contributed by atoms with E-state index in [2.05, 4.69) is 0 Å². The molecule has 1 aromatic carbocycles. The number of benzene rings is 1. The van der Waals surface area contributed by atoms with Gasteiger partial charge in [0.1, 0.15) is 0 Å². The lowest BCUT2D eigenvalue weighted by atomic mass is 10.1. The van der Waals surface area contributed by atoms with Gasteiger partial charge in [-0.15, -0.1) is 0 Å². The van der Waals surface area contributed by atoms with E-state index in [1.54, 1.807) is 32.3 Å². The van der Waals surface area contributed by atoms with E-state index in [0.29, 0.717) is 30.7 Å². The van der Waals surface area contributed by atoms with Gasteiger partial charge in [0.05, 0.1) is 22.0 Å². The maximum atomic E-state index is 13.0. The second-order valence-corrected chi connectivity index (χ2v) is 8.07. The molecule has 0 bridgehead atoms. The summed E-state index contributed by atoms with van der Waals surface area (Å²) >= 11 is 0. The molecule has 1 aliphatic heterocycles. The first-order chi connectivity index (χ1) is 11.4. The van der Waals surface area contributed by atoms with Gasteiger partial charge in [0, 0.05) is 33.8 Å². The minimum Gasteiger partial charge on any atom is -0.377 e. The first kappa shape index (κ1) is 17.2. The molecule has 1 atom stereocenters. The van der Waals surface area contributed by atoms with E-state index in [9.17, 15) is 13.2 Å². The van der Waals surface area contributed by atoms with Gasteiger partial charge in [0.15, 0.2) is 0 Å². The number of nitrogens with zero attached hydrogens (tertiary/aromatic N) is 3. The zero-order valence-corrected chi connectivity index (χ0v) is 15.0. The highest BCUT2D eigenvalue weighted by molar-refractivity contribution is 7.89. The molecule has 2 heterocycles. The summed E-state index contributed by atoms with van der Waals surface area (Å²) in [6.07, 6.45) is 1.62. The fraction of sp³-hybridized carbons (Fsp3) is 0.562. The molecule has 1 fully saturated rings. The lowest BCUT2D eigenvalue weighted by molar-refractivity contribution is 0.0265. The third kappa shape index (κ3) is 2.78. The van der Waals surface area contributed by atoms with Crippen molar-refractivity contribution < 1.29 is 13.2 Å². The smallest absolute Gasteiger partial charge is 0.328 e. The molecule has 1 saturated heterocycles. The molecular weight excluding hydrogens is 330 g/mol. The molecule has 7 nitrogen and oxygen atoms in total. The van der Waals surface area contributed by atoms with E-state index in [0.717, 1.165) is 12.8 Å². The summed E-state index contributed by atoms with van der Waals surface area (Å²) in [5.41, 5.74) is 1.16. The number of hydrogen-bond donors (Lipinski definition) is 0. The average Bonchev–Trinajstić information content (AvgIpc) is 2.80. The van der Waals surface area contributed by atoms with Crippen molar-refractivity contribution in [3.63, 3.8) is 0 Å². The quantitative estimate of drug-likeness (QED) is 0.824. The van der Waals surface area contributed by atoms with Crippen molar-refractivity contribution >= 4 is 21.1 Å². The molecule has 1 aromatic heterocycles. The van der Waals surface area contributed by atoms with Crippen LogP contribution in [0.1, 0.15) is 19.8 Å². The number of rotatable bonds is 4. The van der Waals surface area contributed by atoms with E-state index in [1.807, 2.05) is 6.92 Å². The van der Waals surface area contributed by atoms with E-state index in [1.165, 1.54) is 13.4 Å². The Bertz CT molecular complexity index is 911. The minimum absolute atomic E-state index is 0.0525. The number of aromatic nitrogens is 2. The van der Waals surface area contributed by atoms with E-state index >= 15 is 0 Å². The maximum absolute atomic E-state index is 13.0. The molecule has 0 aliphatic carbocycles. The van der Waals surface area contributed by atoms with Gasteiger partial charge in [-0.3, -0.25) is 9.13 Å². The molecule has 0 N–H and O–H groups in total. The summed E-state index contributed by atoms with van der Waals surface area (Å²) in [6, 6.07) is 4.84. The van der Waals surface area contributed by atoms with Gasteiger partial charge in [0.2, 0.25) is 10.0 Å². The van der Waals surface area contributed by atoms with Crippen molar-refractivity contribution in [2.45, 2.75) is 30.8 Å². The van der Waals surface area contributed by atoms with Crippen molar-refractivity contribution in [2.24, 2.45) is 14.1 Å².